The number of hydrogen-bond acceptors (Lipinski definition) is 2. The number of aryl methyl sites for hydroxylation is 2. The highest BCUT2D eigenvalue weighted by Crippen LogP contribution is 2.47. The van der Waals surface area contributed by atoms with Crippen LogP contribution in [0, 0.1) is 19.8 Å². The van der Waals surface area contributed by atoms with Gasteiger partial charge in [-0.25, -0.2) is 0 Å². The first-order chi connectivity index (χ1) is 13.0. The molecule has 1 aliphatic carbocycles. The molecule has 4 nitrogen and oxygen atoms in total. The van der Waals surface area contributed by atoms with Gasteiger partial charge in [0, 0.05) is 24.2 Å². The van der Waals surface area contributed by atoms with Crippen LogP contribution in [0.25, 0.3) is 0 Å². The van der Waals surface area contributed by atoms with E-state index in [1.165, 1.54) is 5.56 Å². The molecule has 1 saturated carbocycles. The van der Waals surface area contributed by atoms with Gasteiger partial charge in [-0.2, -0.15) is 0 Å². The average Bonchev–Trinajstić information content (AvgIpc) is 3.35. The van der Waals surface area contributed by atoms with E-state index in [2.05, 4.69) is 23.5 Å². The molecule has 0 spiro atoms. The molecule has 1 N–H and O–H groups in total. The minimum absolute atomic E-state index is 0.0614. The summed E-state index contributed by atoms with van der Waals surface area (Å²) in [6.07, 6.45) is 2.76. The van der Waals surface area contributed by atoms with E-state index in [0.717, 1.165) is 29.7 Å². The lowest BCUT2D eigenvalue weighted by Gasteiger charge is -2.20. The molecular formula is C23H26N2O2. The number of rotatable bonds is 5. The quantitative estimate of drug-likeness (QED) is 0.828. The topological polar surface area (TPSA) is 49.4 Å². The highest BCUT2D eigenvalue weighted by molar-refractivity contribution is 6.09. The van der Waals surface area contributed by atoms with Crippen molar-refractivity contribution in [3.8, 4) is 0 Å². The molecule has 2 aliphatic rings. The highest BCUT2D eigenvalue weighted by atomic mass is 16.2. The van der Waals surface area contributed by atoms with Crippen molar-refractivity contribution >= 4 is 17.5 Å². The van der Waals surface area contributed by atoms with Gasteiger partial charge in [0.15, 0.2) is 0 Å². The summed E-state index contributed by atoms with van der Waals surface area (Å²) in [6.45, 7) is 5.27. The molecule has 1 heterocycles. The van der Waals surface area contributed by atoms with Crippen molar-refractivity contribution in [3.63, 3.8) is 0 Å². The lowest BCUT2D eigenvalue weighted by atomic mass is 9.95. The highest BCUT2D eigenvalue weighted by Gasteiger charge is 2.45. The first-order valence-electron chi connectivity index (χ1n) is 9.71. The Labute approximate surface area is 160 Å². The minimum atomic E-state index is -0.572. The summed E-state index contributed by atoms with van der Waals surface area (Å²) in [5.41, 5.74) is 4.50. The molecule has 1 saturated heterocycles. The van der Waals surface area contributed by atoms with E-state index in [4.69, 9.17) is 0 Å². The van der Waals surface area contributed by atoms with Crippen LogP contribution < -0.4 is 10.2 Å². The van der Waals surface area contributed by atoms with Crippen LogP contribution in [-0.4, -0.2) is 24.9 Å². The Morgan fingerprint density at radius 1 is 1.11 bits per heavy atom. The van der Waals surface area contributed by atoms with Gasteiger partial charge in [0.05, 0.1) is 0 Å². The zero-order valence-corrected chi connectivity index (χ0v) is 16.0. The van der Waals surface area contributed by atoms with Gasteiger partial charge in [-0.3, -0.25) is 9.59 Å². The molecule has 2 fully saturated rings. The summed E-state index contributed by atoms with van der Waals surface area (Å²) in [7, 11) is 0. The molecule has 4 heteroatoms. The maximum atomic E-state index is 12.8. The molecule has 2 amide bonds. The number of hydrogen-bond donors (Lipinski definition) is 1. The number of anilines is 1. The van der Waals surface area contributed by atoms with E-state index in [0.29, 0.717) is 19.5 Å². The van der Waals surface area contributed by atoms with Crippen LogP contribution in [0.1, 0.15) is 36.0 Å². The Balaban J connectivity index is 1.41. The maximum absolute atomic E-state index is 12.8. The average molecular weight is 362 g/mol. The van der Waals surface area contributed by atoms with Crippen molar-refractivity contribution in [2.75, 3.05) is 18.0 Å². The van der Waals surface area contributed by atoms with Crippen molar-refractivity contribution in [1.82, 2.24) is 5.32 Å². The van der Waals surface area contributed by atoms with Crippen molar-refractivity contribution in [2.45, 2.75) is 38.5 Å². The van der Waals surface area contributed by atoms with Gasteiger partial charge in [-0.15, -0.1) is 0 Å². The number of nitrogens with one attached hydrogen (secondary N) is 1. The van der Waals surface area contributed by atoms with E-state index in [9.17, 15) is 9.59 Å². The molecule has 140 valence electrons. The summed E-state index contributed by atoms with van der Waals surface area (Å²) in [5.74, 6) is -0.784. The number of carbonyl (C=O) groups excluding carboxylic acids is 2. The van der Waals surface area contributed by atoms with E-state index >= 15 is 0 Å². The molecule has 0 bridgehead atoms. The van der Waals surface area contributed by atoms with E-state index < -0.39 is 5.92 Å². The molecular weight excluding hydrogens is 336 g/mol. The van der Waals surface area contributed by atoms with Crippen molar-refractivity contribution < 1.29 is 9.59 Å². The predicted molar refractivity (Wildman–Crippen MR) is 107 cm³/mol. The molecule has 27 heavy (non-hydrogen) atoms. The summed E-state index contributed by atoms with van der Waals surface area (Å²) >= 11 is 0. The van der Waals surface area contributed by atoms with E-state index in [1.54, 1.807) is 4.90 Å². The third kappa shape index (κ3) is 3.48. The Morgan fingerprint density at radius 3 is 2.41 bits per heavy atom. The number of amides is 2. The van der Waals surface area contributed by atoms with Crippen LogP contribution in [0.5, 0.6) is 0 Å². The molecule has 4 rings (SSSR count). The van der Waals surface area contributed by atoms with Crippen LogP contribution in [0.3, 0.4) is 0 Å². The SMILES string of the molecule is Cc1cc(C)cc(N2CC[C@@H](C(=O)NCC3(c4ccccc4)CC3)C2=O)c1. The lowest BCUT2D eigenvalue weighted by Crippen LogP contribution is -2.40. The van der Waals surface area contributed by atoms with Gasteiger partial charge in [0.25, 0.3) is 0 Å². The molecule has 1 atom stereocenters. The molecule has 0 aromatic heterocycles. The minimum Gasteiger partial charge on any atom is -0.355 e. The van der Waals surface area contributed by atoms with Crippen LogP contribution >= 0.6 is 0 Å². The smallest absolute Gasteiger partial charge is 0.239 e. The Kier molecular flexibility index (Phi) is 4.50. The second-order valence-corrected chi connectivity index (χ2v) is 8.04. The summed E-state index contributed by atoms with van der Waals surface area (Å²) in [5, 5.41) is 3.06. The van der Waals surface area contributed by atoms with Crippen LogP contribution in [0.4, 0.5) is 5.69 Å². The lowest BCUT2D eigenvalue weighted by molar-refractivity contribution is -0.132. The maximum Gasteiger partial charge on any atom is 0.239 e. The third-order valence-electron chi connectivity index (χ3n) is 5.88. The summed E-state index contributed by atoms with van der Waals surface area (Å²) < 4.78 is 0. The summed E-state index contributed by atoms with van der Waals surface area (Å²) in [6, 6.07) is 16.5. The Morgan fingerprint density at radius 2 is 1.78 bits per heavy atom. The van der Waals surface area contributed by atoms with E-state index in [-0.39, 0.29) is 17.2 Å². The van der Waals surface area contributed by atoms with Gasteiger partial charge < -0.3 is 10.2 Å². The van der Waals surface area contributed by atoms with Gasteiger partial charge in [0.1, 0.15) is 5.92 Å². The zero-order valence-electron chi connectivity index (χ0n) is 16.0. The monoisotopic (exact) mass is 362 g/mol. The van der Waals surface area contributed by atoms with Crippen LogP contribution in [0.15, 0.2) is 48.5 Å². The fourth-order valence-electron chi connectivity index (χ4n) is 4.18. The molecule has 2 aromatic carbocycles. The molecule has 1 aliphatic heterocycles. The largest absolute Gasteiger partial charge is 0.355 e. The summed E-state index contributed by atoms with van der Waals surface area (Å²) in [4.78, 5) is 27.3. The van der Waals surface area contributed by atoms with E-state index in [1.807, 2.05) is 44.2 Å². The standard InChI is InChI=1S/C23H26N2O2/c1-16-12-17(2)14-19(13-16)25-11-8-20(22(25)27)21(26)24-15-23(9-10-23)18-6-4-3-5-7-18/h3-7,12-14,20H,8-11,15H2,1-2H3,(H,24,26)/t20-/m0/s1. The fraction of sp³-hybridized carbons (Fsp3) is 0.391. The first-order valence-corrected chi connectivity index (χ1v) is 9.71. The van der Waals surface area contributed by atoms with Gasteiger partial charge >= 0.3 is 0 Å². The number of benzene rings is 2. The zero-order chi connectivity index (χ0) is 19.0. The van der Waals surface area contributed by atoms with Crippen molar-refractivity contribution in [1.29, 1.82) is 0 Å². The van der Waals surface area contributed by atoms with Crippen LogP contribution in [-0.2, 0) is 15.0 Å². The third-order valence-corrected chi connectivity index (χ3v) is 5.88. The fourth-order valence-corrected chi connectivity index (χ4v) is 4.18. The second kappa shape index (κ2) is 6.84. The van der Waals surface area contributed by atoms with Crippen molar-refractivity contribution in [3.05, 3.63) is 65.2 Å². The normalized spacial score (nSPS) is 20.6. The predicted octanol–water partition coefficient (Wildman–Crippen LogP) is 3.50. The number of nitrogens with zero attached hydrogens (tertiary/aromatic N) is 1. The molecule has 0 radical (unpaired) electrons. The Bertz CT molecular complexity index is 851. The Hall–Kier alpha value is -2.62. The number of carbonyl (C=O) groups is 2. The van der Waals surface area contributed by atoms with Crippen molar-refractivity contribution in [2.24, 2.45) is 5.92 Å². The molecule has 2 aromatic rings. The van der Waals surface area contributed by atoms with Gasteiger partial charge in [-0.05, 0) is 61.9 Å². The first kappa shape index (κ1) is 17.8. The second-order valence-electron chi connectivity index (χ2n) is 8.04. The van der Waals surface area contributed by atoms with Gasteiger partial charge in [0.2, 0.25) is 11.8 Å². The van der Waals surface area contributed by atoms with Gasteiger partial charge in [-0.1, -0.05) is 36.4 Å². The molecule has 0 unspecified atom stereocenters. The van der Waals surface area contributed by atoms with Crippen LogP contribution in [0.2, 0.25) is 0 Å².